The predicted octanol–water partition coefficient (Wildman–Crippen LogP) is 5.55. The number of nitrogens with zero attached hydrogens (tertiary/aromatic N) is 2. The summed E-state index contributed by atoms with van der Waals surface area (Å²) in [5.74, 6) is 0. The molecular weight excluding hydrogens is 337 g/mol. The normalized spacial score (nSPS) is 11.1. The maximum Gasteiger partial charge on any atom is 0.151 e. The third-order valence-electron chi connectivity index (χ3n) is 1.83. The molecule has 0 N–H and O–H groups in total. The molecule has 2 aromatic heterocycles. The predicted molar refractivity (Wildman–Crippen MR) is 69.6 cm³/mol. The highest BCUT2D eigenvalue weighted by Gasteiger charge is 2.18. The molecule has 0 saturated carbocycles. The number of hydrogen-bond donors (Lipinski definition) is 0. The molecule has 0 amide bonds. The molecule has 0 aliphatic heterocycles. The van der Waals surface area contributed by atoms with Gasteiger partial charge in [-0.1, -0.05) is 69.6 Å². The van der Waals surface area contributed by atoms with Crippen molar-refractivity contribution in [3.63, 3.8) is 0 Å². The summed E-state index contributed by atoms with van der Waals surface area (Å²) in [6, 6.07) is 0. The van der Waals surface area contributed by atoms with Crippen LogP contribution in [0.5, 0.6) is 0 Å². The van der Waals surface area contributed by atoms with Gasteiger partial charge >= 0.3 is 0 Å². The van der Waals surface area contributed by atoms with Crippen LogP contribution in [0.4, 0.5) is 0 Å². The fourth-order valence-corrected chi connectivity index (χ4v) is 2.49. The van der Waals surface area contributed by atoms with E-state index in [0.29, 0.717) is 5.39 Å². The minimum absolute atomic E-state index is 0.0272. The summed E-state index contributed by atoms with van der Waals surface area (Å²) >= 11 is 35.1. The third kappa shape index (κ3) is 1.92. The number of pyridine rings is 2. The molecule has 16 heavy (non-hydrogen) atoms. The minimum atomic E-state index is 0.0272. The van der Waals surface area contributed by atoms with Crippen LogP contribution in [0, 0.1) is 0 Å². The van der Waals surface area contributed by atoms with E-state index >= 15 is 0 Å². The van der Waals surface area contributed by atoms with Crippen LogP contribution < -0.4 is 0 Å². The van der Waals surface area contributed by atoms with Gasteiger partial charge in [-0.25, -0.2) is 9.97 Å². The molecule has 0 bridgehead atoms. The molecule has 8 heteroatoms. The standard InChI is InChI=1S/C8Cl6N2/c9-2-1-5(15-7(13)3(2)10)4(11)8(14)16-6(1)12. The Bertz CT molecular complexity index is 597. The Morgan fingerprint density at radius 2 is 1.12 bits per heavy atom. The molecule has 2 heterocycles. The van der Waals surface area contributed by atoms with E-state index in [9.17, 15) is 0 Å². The molecule has 0 unspecified atom stereocenters. The lowest BCUT2D eigenvalue weighted by molar-refractivity contribution is 1.32. The Kier molecular flexibility index (Phi) is 3.60. The summed E-state index contributed by atoms with van der Waals surface area (Å²) in [5, 5.41) is 0.820. The van der Waals surface area contributed by atoms with Gasteiger partial charge in [0.25, 0.3) is 0 Å². The lowest BCUT2D eigenvalue weighted by atomic mass is 10.3. The van der Waals surface area contributed by atoms with Crippen LogP contribution in [-0.4, -0.2) is 9.97 Å². The van der Waals surface area contributed by atoms with Gasteiger partial charge in [-0.2, -0.15) is 0 Å². The first kappa shape index (κ1) is 12.7. The first-order valence-corrected chi connectivity index (χ1v) is 6.05. The maximum atomic E-state index is 5.98. The van der Waals surface area contributed by atoms with E-state index in [2.05, 4.69) is 9.97 Å². The fourth-order valence-electron chi connectivity index (χ4n) is 1.14. The van der Waals surface area contributed by atoms with Crippen LogP contribution in [0.2, 0.25) is 30.5 Å². The second-order valence-corrected chi connectivity index (χ2v) is 4.97. The molecule has 0 aliphatic rings. The quantitative estimate of drug-likeness (QED) is 0.589. The Labute approximate surface area is 120 Å². The largest absolute Gasteiger partial charge is 0.233 e. The van der Waals surface area contributed by atoms with Crippen molar-refractivity contribution in [1.82, 2.24) is 9.97 Å². The van der Waals surface area contributed by atoms with Crippen molar-refractivity contribution in [1.29, 1.82) is 0 Å². The summed E-state index contributed by atoms with van der Waals surface area (Å²) in [5.41, 5.74) is 0.270. The summed E-state index contributed by atoms with van der Waals surface area (Å²) in [6.07, 6.45) is 0. The molecule has 0 aliphatic carbocycles. The number of rotatable bonds is 0. The number of aromatic nitrogens is 2. The van der Waals surface area contributed by atoms with Crippen LogP contribution in [-0.2, 0) is 0 Å². The van der Waals surface area contributed by atoms with Gasteiger partial charge < -0.3 is 0 Å². The van der Waals surface area contributed by atoms with Gasteiger partial charge in [0.15, 0.2) is 5.15 Å². The topological polar surface area (TPSA) is 25.8 Å². The van der Waals surface area contributed by atoms with Gasteiger partial charge in [-0.15, -0.1) is 0 Å². The van der Waals surface area contributed by atoms with Crippen LogP contribution in [0.15, 0.2) is 0 Å². The lowest BCUT2D eigenvalue weighted by Crippen LogP contribution is -1.90. The van der Waals surface area contributed by atoms with Gasteiger partial charge in [0.05, 0.1) is 20.9 Å². The van der Waals surface area contributed by atoms with Crippen molar-refractivity contribution < 1.29 is 0 Å². The van der Waals surface area contributed by atoms with Crippen molar-refractivity contribution in [2.24, 2.45) is 0 Å². The van der Waals surface area contributed by atoms with Gasteiger partial charge in [0, 0.05) is 0 Å². The third-order valence-corrected chi connectivity index (χ3v) is 4.05. The van der Waals surface area contributed by atoms with E-state index in [-0.39, 0.29) is 36.0 Å². The lowest BCUT2D eigenvalue weighted by Gasteiger charge is -2.07. The monoisotopic (exact) mass is 334 g/mol. The van der Waals surface area contributed by atoms with Crippen molar-refractivity contribution in [3.05, 3.63) is 30.5 Å². The summed E-state index contributed by atoms with van der Waals surface area (Å²) in [4.78, 5) is 7.77. The fraction of sp³-hybridized carbons (Fsp3) is 0. The first-order valence-electron chi connectivity index (χ1n) is 3.78. The van der Waals surface area contributed by atoms with E-state index in [1.54, 1.807) is 0 Å². The highest BCUT2D eigenvalue weighted by Crippen LogP contribution is 2.41. The van der Waals surface area contributed by atoms with Crippen LogP contribution >= 0.6 is 69.6 Å². The van der Waals surface area contributed by atoms with Crippen molar-refractivity contribution in [2.75, 3.05) is 0 Å². The summed E-state index contributed by atoms with van der Waals surface area (Å²) in [6.45, 7) is 0. The van der Waals surface area contributed by atoms with E-state index in [0.717, 1.165) is 0 Å². The van der Waals surface area contributed by atoms with E-state index in [1.165, 1.54) is 0 Å². The molecule has 0 radical (unpaired) electrons. The van der Waals surface area contributed by atoms with Gasteiger partial charge in [-0.05, 0) is 0 Å². The number of hydrogen-bond acceptors (Lipinski definition) is 2. The molecule has 0 atom stereocenters. The second-order valence-electron chi connectivity index (χ2n) is 2.76. The number of halogens is 6. The molecule has 0 saturated heterocycles. The van der Waals surface area contributed by atoms with E-state index in [4.69, 9.17) is 69.6 Å². The highest BCUT2D eigenvalue weighted by molar-refractivity contribution is 6.53. The molecule has 2 aromatic rings. The average Bonchev–Trinajstić information content (AvgIpc) is 2.22. The zero-order valence-electron chi connectivity index (χ0n) is 7.16. The SMILES string of the molecule is Clc1nc2c(Cl)c(Cl)nc(Cl)c2c(Cl)c1Cl. The molecule has 0 spiro atoms. The highest BCUT2D eigenvalue weighted by atomic mass is 35.5. The van der Waals surface area contributed by atoms with E-state index < -0.39 is 0 Å². The Morgan fingerprint density at radius 3 is 1.75 bits per heavy atom. The van der Waals surface area contributed by atoms with Gasteiger partial charge in [0.2, 0.25) is 0 Å². The van der Waals surface area contributed by atoms with Crippen molar-refractivity contribution in [2.45, 2.75) is 0 Å². The molecule has 84 valence electrons. The summed E-state index contributed by atoms with van der Waals surface area (Å²) < 4.78 is 0. The zero-order valence-corrected chi connectivity index (χ0v) is 11.7. The maximum absolute atomic E-state index is 5.98. The second kappa shape index (κ2) is 4.52. The Balaban J connectivity index is 3.07. The Morgan fingerprint density at radius 1 is 0.562 bits per heavy atom. The van der Waals surface area contributed by atoms with Crippen molar-refractivity contribution in [3.8, 4) is 0 Å². The van der Waals surface area contributed by atoms with E-state index in [1.807, 2.05) is 0 Å². The molecule has 0 fully saturated rings. The molecular formula is C8Cl6N2. The minimum Gasteiger partial charge on any atom is -0.233 e. The smallest absolute Gasteiger partial charge is 0.151 e. The van der Waals surface area contributed by atoms with Crippen LogP contribution in [0.25, 0.3) is 10.9 Å². The zero-order chi connectivity index (χ0) is 12.0. The summed E-state index contributed by atoms with van der Waals surface area (Å²) in [7, 11) is 0. The molecule has 0 aromatic carbocycles. The average molecular weight is 337 g/mol. The first-order chi connectivity index (χ1) is 7.43. The Hall–Kier alpha value is 0.300. The van der Waals surface area contributed by atoms with Gasteiger partial charge in [0.1, 0.15) is 15.3 Å². The van der Waals surface area contributed by atoms with Crippen LogP contribution in [0.3, 0.4) is 0 Å². The van der Waals surface area contributed by atoms with Crippen molar-refractivity contribution >= 4 is 80.5 Å². The number of fused-ring (bicyclic) bond motifs is 1. The molecule has 2 rings (SSSR count). The van der Waals surface area contributed by atoms with Crippen LogP contribution in [0.1, 0.15) is 0 Å². The molecule has 2 nitrogen and oxygen atoms in total. The van der Waals surface area contributed by atoms with Gasteiger partial charge in [-0.3, -0.25) is 0 Å².